The molecule has 2 aromatic carbocycles. The van der Waals surface area contributed by atoms with Gasteiger partial charge >= 0.3 is 0 Å². The molecule has 1 aromatic heterocycles. The van der Waals surface area contributed by atoms with Gasteiger partial charge in [-0.2, -0.15) is 5.10 Å². The second-order valence-corrected chi connectivity index (χ2v) is 8.63. The van der Waals surface area contributed by atoms with Gasteiger partial charge in [-0.05, 0) is 57.1 Å². The Balaban J connectivity index is 1.61. The van der Waals surface area contributed by atoms with Crippen molar-refractivity contribution in [2.24, 2.45) is 0 Å². The molecule has 1 aliphatic heterocycles. The van der Waals surface area contributed by atoms with Crippen LogP contribution < -0.4 is 14.8 Å². The Kier molecular flexibility index (Phi) is 6.99. The van der Waals surface area contributed by atoms with Crippen LogP contribution in [0.3, 0.4) is 0 Å². The van der Waals surface area contributed by atoms with E-state index in [0.29, 0.717) is 35.6 Å². The molecule has 174 valence electrons. The molecule has 0 saturated carbocycles. The number of nitrogens with one attached hydrogen (secondary N) is 1. The number of ether oxygens (including phenoxy) is 2. The lowest BCUT2D eigenvalue weighted by Crippen LogP contribution is -2.28. The SMILES string of the molecule is COc1ccc(OC)c(C(=O)NCc2cnn(-c3ccccc3)c2C2CCN(C(C)C)C2)c1. The Bertz CT molecular complexity index is 1090. The van der Waals surface area contributed by atoms with E-state index in [1.165, 1.54) is 5.69 Å². The van der Waals surface area contributed by atoms with Gasteiger partial charge in [0.2, 0.25) is 0 Å². The van der Waals surface area contributed by atoms with Crippen molar-refractivity contribution in [3.05, 3.63) is 71.5 Å². The van der Waals surface area contributed by atoms with Crippen molar-refractivity contribution in [2.75, 3.05) is 27.3 Å². The van der Waals surface area contributed by atoms with Crippen LogP contribution in [0.25, 0.3) is 5.69 Å². The van der Waals surface area contributed by atoms with Crippen molar-refractivity contribution in [1.82, 2.24) is 20.0 Å². The Labute approximate surface area is 195 Å². The summed E-state index contributed by atoms with van der Waals surface area (Å²) in [6.45, 7) is 6.91. The van der Waals surface area contributed by atoms with E-state index in [1.807, 2.05) is 29.1 Å². The summed E-state index contributed by atoms with van der Waals surface area (Å²) in [5, 5.41) is 7.78. The molecule has 0 aliphatic carbocycles. The van der Waals surface area contributed by atoms with Gasteiger partial charge in [-0.25, -0.2) is 4.68 Å². The summed E-state index contributed by atoms with van der Waals surface area (Å²) in [5.41, 5.74) is 3.68. The lowest BCUT2D eigenvalue weighted by atomic mass is 10.00. The molecule has 0 bridgehead atoms. The highest BCUT2D eigenvalue weighted by molar-refractivity contribution is 5.97. The van der Waals surface area contributed by atoms with Crippen molar-refractivity contribution in [2.45, 2.75) is 38.8 Å². The van der Waals surface area contributed by atoms with Crippen LogP contribution in [-0.2, 0) is 6.54 Å². The number of methoxy groups -OCH3 is 2. The van der Waals surface area contributed by atoms with E-state index < -0.39 is 0 Å². The number of para-hydroxylation sites is 1. The molecule has 1 aliphatic rings. The molecule has 7 nitrogen and oxygen atoms in total. The maximum Gasteiger partial charge on any atom is 0.255 e. The number of rotatable bonds is 8. The van der Waals surface area contributed by atoms with Crippen LogP contribution in [0.4, 0.5) is 0 Å². The number of amides is 1. The minimum Gasteiger partial charge on any atom is -0.497 e. The molecule has 0 spiro atoms. The van der Waals surface area contributed by atoms with Gasteiger partial charge in [0.05, 0.1) is 37.4 Å². The van der Waals surface area contributed by atoms with E-state index in [2.05, 4.69) is 36.2 Å². The first-order chi connectivity index (χ1) is 16.0. The van der Waals surface area contributed by atoms with Crippen LogP contribution in [-0.4, -0.2) is 53.9 Å². The van der Waals surface area contributed by atoms with E-state index >= 15 is 0 Å². The molecule has 0 radical (unpaired) electrons. The highest BCUT2D eigenvalue weighted by Gasteiger charge is 2.30. The largest absolute Gasteiger partial charge is 0.497 e. The summed E-state index contributed by atoms with van der Waals surface area (Å²) in [6, 6.07) is 15.9. The number of hydrogen-bond donors (Lipinski definition) is 1. The summed E-state index contributed by atoms with van der Waals surface area (Å²) >= 11 is 0. The Hall–Kier alpha value is -3.32. The second-order valence-electron chi connectivity index (χ2n) is 8.63. The maximum absolute atomic E-state index is 13.0. The second kappa shape index (κ2) is 10.1. The summed E-state index contributed by atoms with van der Waals surface area (Å²) in [6.07, 6.45) is 2.95. The minimum absolute atomic E-state index is 0.209. The van der Waals surface area contributed by atoms with E-state index in [1.54, 1.807) is 32.4 Å². The predicted octanol–water partition coefficient (Wildman–Crippen LogP) is 4.02. The topological polar surface area (TPSA) is 68.6 Å². The van der Waals surface area contributed by atoms with E-state index in [0.717, 1.165) is 30.8 Å². The Morgan fingerprint density at radius 2 is 1.94 bits per heavy atom. The standard InChI is InChI=1S/C26H32N4O3/c1-18(2)29-13-12-19(17-29)25-20(16-28-30(25)21-8-6-5-7-9-21)15-27-26(31)23-14-22(32-3)10-11-24(23)33-4/h5-11,14,16,18-19H,12-13,15,17H2,1-4H3,(H,27,31). The number of likely N-dealkylation sites (tertiary alicyclic amines) is 1. The number of nitrogens with zero attached hydrogens (tertiary/aromatic N) is 3. The van der Waals surface area contributed by atoms with Gasteiger partial charge in [0, 0.05) is 30.6 Å². The molecular weight excluding hydrogens is 416 g/mol. The van der Waals surface area contributed by atoms with Gasteiger partial charge < -0.3 is 19.7 Å². The van der Waals surface area contributed by atoms with Gasteiger partial charge in [-0.15, -0.1) is 0 Å². The van der Waals surface area contributed by atoms with E-state index in [-0.39, 0.29) is 5.91 Å². The summed E-state index contributed by atoms with van der Waals surface area (Å²) in [4.78, 5) is 15.5. The van der Waals surface area contributed by atoms with Crippen LogP contribution in [0.5, 0.6) is 11.5 Å². The number of carbonyl (C=O) groups excluding carboxylic acids is 1. The van der Waals surface area contributed by atoms with Crippen LogP contribution in [0, 0.1) is 0 Å². The van der Waals surface area contributed by atoms with Crippen LogP contribution in [0.2, 0.25) is 0 Å². The molecule has 2 heterocycles. The molecule has 4 rings (SSSR count). The lowest BCUT2D eigenvalue weighted by molar-refractivity contribution is 0.0947. The smallest absolute Gasteiger partial charge is 0.255 e. The van der Waals surface area contributed by atoms with Crippen LogP contribution >= 0.6 is 0 Å². The third kappa shape index (κ3) is 4.88. The molecule has 1 amide bonds. The fraction of sp³-hybridized carbons (Fsp3) is 0.385. The molecular formula is C26H32N4O3. The van der Waals surface area contributed by atoms with Gasteiger partial charge in [-0.1, -0.05) is 18.2 Å². The first-order valence-corrected chi connectivity index (χ1v) is 11.4. The number of carbonyl (C=O) groups is 1. The first-order valence-electron chi connectivity index (χ1n) is 11.4. The lowest BCUT2D eigenvalue weighted by Gasteiger charge is -2.21. The highest BCUT2D eigenvalue weighted by Crippen LogP contribution is 2.32. The average Bonchev–Trinajstić information content (AvgIpc) is 3.50. The third-order valence-corrected chi connectivity index (χ3v) is 6.31. The maximum atomic E-state index is 13.0. The fourth-order valence-corrected chi connectivity index (χ4v) is 4.48. The molecule has 1 N–H and O–H groups in total. The quantitative estimate of drug-likeness (QED) is 0.564. The molecule has 7 heteroatoms. The Morgan fingerprint density at radius 3 is 2.61 bits per heavy atom. The molecule has 1 fully saturated rings. The molecule has 33 heavy (non-hydrogen) atoms. The van der Waals surface area contributed by atoms with Gasteiger partial charge in [0.15, 0.2) is 0 Å². The van der Waals surface area contributed by atoms with Crippen molar-refractivity contribution in [1.29, 1.82) is 0 Å². The predicted molar refractivity (Wildman–Crippen MR) is 128 cm³/mol. The monoisotopic (exact) mass is 448 g/mol. The van der Waals surface area contributed by atoms with Crippen LogP contribution in [0.1, 0.15) is 47.8 Å². The molecule has 1 unspecified atom stereocenters. The normalized spacial score (nSPS) is 16.2. The zero-order valence-electron chi connectivity index (χ0n) is 19.7. The molecule has 1 saturated heterocycles. The number of hydrogen-bond acceptors (Lipinski definition) is 5. The molecule has 3 aromatic rings. The van der Waals surface area contributed by atoms with Gasteiger partial charge in [0.25, 0.3) is 5.91 Å². The van der Waals surface area contributed by atoms with Gasteiger partial charge in [0.1, 0.15) is 11.5 Å². The van der Waals surface area contributed by atoms with Crippen molar-refractivity contribution < 1.29 is 14.3 Å². The van der Waals surface area contributed by atoms with Crippen molar-refractivity contribution in [3.63, 3.8) is 0 Å². The third-order valence-electron chi connectivity index (χ3n) is 6.31. The first kappa shape index (κ1) is 22.9. The number of benzene rings is 2. The fourth-order valence-electron chi connectivity index (χ4n) is 4.48. The number of aromatic nitrogens is 2. The zero-order chi connectivity index (χ0) is 23.4. The highest BCUT2D eigenvalue weighted by atomic mass is 16.5. The minimum atomic E-state index is -0.209. The van der Waals surface area contributed by atoms with Crippen molar-refractivity contribution in [3.8, 4) is 17.2 Å². The van der Waals surface area contributed by atoms with Crippen molar-refractivity contribution >= 4 is 5.91 Å². The van der Waals surface area contributed by atoms with E-state index in [4.69, 9.17) is 14.6 Å². The Morgan fingerprint density at radius 1 is 1.15 bits per heavy atom. The van der Waals surface area contributed by atoms with Gasteiger partial charge in [-0.3, -0.25) is 4.79 Å². The van der Waals surface area contributed by atoms with Crippen LogP contribution in [0.15, 0.2) is 54.7 Å². The summed E-state index contributed by atoms with van der Waals surface area (Å²) < 4.78 is 12.7. The summed E-state index contributed by atoms with van der Waals surface area (Å²) in [5.74, 6) is 1.27. The molecule has 1 atom stereocenters. The van der Waals surface area contributed by atoms with E-state index in [9.17, 15) is 4.79 Å². The average molecular weight is 449 g/mol. The zero-order valence-corrected chi connectivity index (χ0v) is 19.7. The summed E-state index contributed by atoms with van der Waals surface area (Å²) in [7, 11) is 3.14.